The van der Waals surface area contributed by atoms with Gasteiger partial charge in [0.1, 0.15) is 16.4 Å². The number of methoxy groups -OCH3 is 1. The summed E-state index contributed by atoms with van der Waals surface area (Å²) in [6.45, 7) is 7.26. The fraction of sp³-hybridized carbons (Fsp3) is 0.259. The first kappa shape index (κ1) is 26.4. The minimum absolute atomic E-state index is 0.0370. The first-order valence-electron chi connectivity index (χ1n) is 11.4. The number of anilines is 1. The Bertz CT molecular complexity index is 1430. The smallest absolute Gasteiger partial charge is 0.350 e. The minimum atomic E-state index is -1.000. The number of nitrogens with zero attached hydrogens (tertiary/aromatic N) is 2. The van der Waals surface area contributed by atoms with Gasteiger partial charge in [0.2, 0.25) is 0 Å². The number of esters is 1. The molecule has 0 aliphatic carbocycles. The van der Waals surface area contributed by atoms with Crippen molar-refractivity contribution in [2.24, 2.45) is 0 Å². The largest absolute Gasteiger partial charge is 0.507 e. The van der Waals surface area contributed by atoms with Gasteiger partial charge in [-0.15, -0.1) is 0 Å². The Morgan fingerprint density at radius 1 is 1.14 bits per heavy atom. The van der Waals surface area contributed by atoms with Gasteiger partial charge >= 0.3 is 11.9 Å². The van der Waals surface area contributed by atoms with Gasteiger partial charge in [-0.05, 0) is 69.2 Å². The van der Waals surface area contributed by atoms with Crippen molar-refractivity contribution in [3.8, 4) is 5.75 Å². The van der Waals surface area contributed by atoms with Crippen molar-refractivity contribution >= 4 is 51.5 Å². The molecule has 1 N–H and O–H groups in total. The summed E-state index contributed by atoms with van der Waals surface area (Å²) in [5.74, 6) is -2.02. The molecule has 1 saturated heterocycles. The van der Waals surface area contributed by atoms with E-state index in [1.807, 2.05) is 20.8 Å². The molecule has 1 aromatic heterocycles. The number of carbonyl (C=O) groups excluding carboxylic acids is 3. The number of aliphatic hydroxyl groups is 1. The normalized spacial score (nSPS) is 16.9. The van der Waals surface area contributed by atoms with Crippen LogP contribution >= 0.6 is 22.9 Å². The van der Waals surface area contributed by atoms with E-state index in [0.717, 1.165) is 16.9 Å². The number of hydrogen-bond donors (Lipinski definition) is 1. The van der Waals surface area contributed by atoms with Gasteiger partial charge in [-0.25, -0.2) is 9.78 Å². The highest BCUT2D eigenvalue weighted by atomic mass is 35.5. The molecule has 1 aliphatic heterocycles. The summed E-state index contributed by atoms with van der Waals surface area (Å²) >= 11 is 7.02. The maximum Gasteiger partial charge on any atom is 0.350 e. The van der Waals surface area contributed by atoms with E-state index >= 15 is 0 Å². The molecule has 0 radical (unpaired) electrons. The molecule has 3 aromatic rings. The van der Waals surface area contributed by atoms with Gasteiger partial charge in [-0.3, -0.25) is 14.5 Å². The van der Waals surface area contributed by atoms with Crippen molar-refractivity contribution < 1.29 is 29.0 Å². The van der Waals surface area contributed by atoms with Gasteiger partial charge in [0, 0.05) is 10.6 Å². The Hall–Kier alpha value is -3.69. The molecular weight excluding hydrogens is 516 g/mol. The molecule has 1 unspecified atom stereocenters. The third-order valence-corrected chi connectivity index (χ3v) is 7.19. The van der Waals surface area contributed by atoms with Crippen LogP contribution in [0.25, 0.3) is 5.76 Å². The van der Waals surface area contributed by atoms with Gasteiger partial charge in [0.15, 0.2) is 5.13 Å². The number of aromatic nitrogens is 1. The lowest BCUT2D eigenvalue weighted by Gasteiger charge is -2.23. The summed E-state index contributed by atoms with van der Waals surface area (Å²) in [5.41, 5.74) is 1.91. The van der Waals surface area contributed by atoms with Gasteiger partial charge in [-0.2, -0.15) is 0 Å². The number of Topliss-reactive ketones (excluding diaryl/α,β-unsaturated/α-hetero) is 1. The molecule has 37 heavy (non-hydrogen) atoms. The average Bonchev–Trinajstić information content (AvgIpc) is 3.36. The number of ketones is 1. The van der Waals surface area contributed by atoms with E-state index in [-0.39, 0.29) is 27.4 Å². The number of aryl methyl sites for hydroxylation is 2. The van der Waals surface area contributed by atoms with Crippen LogP contribution in [0, 0.1) is 13.8 Å². The lowest BCUT2D eigenvalue weighted by atomic mass is 9.95. The fourth-order valence-corrected chi connectivity index (χ4v) is 5.23. The van der Waals surface area contributed by atoms with E-state index in [2.05, 4.69) is 4.98 Å². The van der Waals surface area contributed by atoms with Crippen molar-refractivity contribution in [3.05, 3.63) is 80.3 Å². The van der Waals surface area contributed by atoms with Crippen LogP contribution in [-0.2, 0) is 14.3 Å². The average molecular weight is 541 g/mol. The van der Waals surface area contributed by atoms with E-state index in [1.165, 1.54) is 12.0 Å². The number of carbonyl (C=O) groups is 3. The van der Waals surface area contributed by atoms with E-state index in [1.54, 1.807) is 49.4 Å². The first-order chi connectivity index (χ1) is 17.5. The maximum atomic E-state index is 13.4. The third kappa shape index (κ3) is 4.97. The number of thiazole rings is 1. The summed E-state index contributed by atoms with van der Waals surface area (Å²) in [6.07, 6.45) is -0.0370. The highest BCUT2D eigenvalue weighted by Crippen LogP contribution is 2.44. The topological polar surface area (TPSA) is 106 Å². The summed E-state index contributed by atoms with van der Waals surface area (Å²) in [5, 5.41) is 12.0. The molecule has 4 rings (SSSR count). The van der Waals surface area contributed by atoms with Crippen molar-refractivity contribution in [1.29, 1.82) is 0 Å². The Kier molecular flexibility index (Phi) is 7.38. The molecule has 0 saturated carbocycles. The number of rotatable bonds is 6. The molecule has 10 heteroatoms. The Labute approximate surface area is 223 Å². The summed E-state index contributed by atoms with van der Waals surface area (Å²) in [6, 6.07) is 10.7. The Morgan fingerprint density at radius 2 is 1.81 bits per heavy atom. The van der Waals surface area contributed by atoms with Gasteiger partial charge in [0.05, 0.1) is 30.5 Å². The zero-order valence-electron chi connectivity index (χ0n) is 20.9. The predicted octanol–water partition coefficient (Wildman–Crippen LogP) is 5.61. The van der Waals surface area contributed by atoms with Crippen LogP contribution in [0.5, 0.6) is 5.75 Å². The first-order valence-corrected chi connectivity index (χ1v) is 12.6. The highest BCUT2D eigenvalue weighted by molar-refractivity contribution is 7.17. The molecule has 192 valence electrons. The molecule has 0 spiro atoms. The second-order valence-electron chi connectivity index (χ2n) is 8.77. The number of hydrogen-bond acceptors (Lipinski definition) is 8. The maximum absolute atomic E-state index is 13.4. The lowest BCUT2D eigenvalue weighted by molar-refractivity contribution is -0.132. The van der Waals surface area contributed by atoms with Crippen LogP contribution in [-0.4, -0.2) is 41.0 Å². The quantitative estimate of drug-likeness (QED) is 0.187. The van der Waals surface area contributed by atoms with Crippen molar-refractivity contribution in [2.75, 3.05) is 12.0 Å². The number of amides is 1. The zero-order valence-corrected chi connectivity index (χ0v) is 22.4. The summed E-state index contributed by atoms with van der Waals surface area (Å²) in [7, 11) is 1.25. The van der Waals surface area contributed by atoms with E-state index < -0.39 is 23.7 Å². The van der Waals surface area contributed by atoms with Crippen molar-refractivity contribution in [1.82, 2.24) is 4.98 Å². The monoisotopic (exact) mass is 540 g/mol. The molecule has 2 aromatic carbocycles. The van der Waals surface area contributed by atoms with Crippen LogP contribution in [0.3, 0.4) is 0 Å². The molecule has 0 bridgehead atoms. The molecule has 2 heterocycles. The summed E-state index contributed by atoms with van der Waals surface area (Å²) < 4.78 is 10.6. The molecule has 1 amide bonds. The standard InChI is InChI=1S/C27H25ClN2O6S/c1-13(2)36-19-11-8-17(12-14(19)3)22(31)20-21(16-6-9-18(28)10-7-16)30(25(33)23(20)32)27-29-15(4)24(37-27)26(34)35-5/h6-13,21,31H,1-5H3. The van der Waals surface area contributed by atoms with Crippen LogP contribution in [0.4, 0.5) is 5.13 Å². The number of ether oxygens (including phenoxy) is 2. The molecule has 8 nitrogen and oxygen atoms in total. The van der Waals surface area contributed by atoms with Gasteiger partial charge < -0.3 is 14.6 Å². The molecule has 1 aliphatic rings. The molecule has 1 atom stereocenters. The van der Waals surface area contributed by atoms with Crippen molar-refractivity contribution in [2.45, 2.75) is 39.8 Å². The third-order valence-electron chi connectivity index (χ3n) is 5.80. The van der Waals surface area contributed by atoms with Crippen LogP contribution in [0.2, 0.25) is 5.02 Å². The second kappa shape index (κ2) is 10.4. The summed E-state index contributed by atoms with van der Waals surface area (Å²) in [4.78, 5) is 44.7. The number of aliphatic hydroxyl groups excluding tert-OH is 1. The second-order valence-corrected chi connectivity index (χ2v) is 10.2. The van der Waals surface area contributed by atoms with Gasteiger partial charge in [-0.1, -0.05) is 35.1 Å². The van der Waals surface area contributed by atoms with Crippen molar-refractivity contribution in [3.63, 3.8) is 0 Å². The Morgan fingerprint density at radius 3 is 2.41 bits per heavy atom. The van der Waals surface area contributed by atoms with E-state index in [0.29, 0.717) is 27.6 Å². The van der Waals surface area contributed by atoms with Crippen LogP contribution < -0.4 is 9.64 Å². The van der Waals surface area contributed by atoms with Crippen LogP contribution in [0.1, 0.15) is 51.9 Å². The fourth-order valence-electron chi connectivity index (χ4n) is 4.10. The highest BCUT2D eigenvalue weighted by Gasteiger charge is 2.48. The lowest BCUT2D eigenvalue weighted by Crippen LogP contribution is -2.29. The SMILES string of the molecule is COC(=O)c1sc(N2C(=O)C(=O)C(=C(O)c3ccc(OC(C)C)c(C)c3)C2c2ccc(Cl)cc2)nc1C. The number of halogens is 1. The zero-order chi connectivity index (χ0) is 27.0. The number of benzene rings is 2. The molecule has 1 fully saturated rings. The predicted molar refractivity (Wildman–Crippen MR) is 141 cm³/mol. The van der Waals surface area contributed by atoms with E-state index in [4.69, 9.17) is 21.1 Å². The molecular formula is C27H25ClN2O6S. The Balaban J connectivity index is 1.89. The van der Waals surface area contributed by atoms with E-state index in [9.17, 15) is 19.5 Å². The minimum Gasteiger partial charge on any atom is -0.507 e. The van der Waals surface area contributed by atoms with Crippen LogP contribution in [0.15, 0.2) is 48.0 Å². The van der Waals surface area contributed by atoms with Gasteiger partial charge in [0.25, 0.3) is 5.78 Å².